The largest absolute Gasteiger partial charge is 0.339 e. The van der Waals surface area contributed by atoms with Crippen molar-refractivity contribution in [2.45, 2.75) is 6.54 Å². The quantitative estimate of drug-likeness (QED) is 0.725. The van der Waals surface area contributed by atoms with E-state index in [0.717, 1.165) is 5.69 Å². The standard InChI is InChI=1S/C11H17N3O/c1-13(2)9-11(15)14(3)8-10-6-4-5-7-12-10/h4-7H,8-9H2,1-3H3. The molecule has 0 saturated heterocycles. The van der Waals surface area contributed by atoms with Gasteiger partial charge in [0, 0.05) is 13.2 Å². The smallest absolute Gasteiger partial charge is 0.236 e. The summed E-state index contributed by atoms with van der Waals surface area (Å²) in [7, 11) is 5.56. The fourth-order valence-electron chi connectivity index (χ4n) is 1.21. The van der Waals surface area contributed by atoms with Gasteiger partial charge in [0.1, 0.15) is 0 Å². The van der Waals surface area contributed by atoms with Crippen molar-refractivity contribution >= 4 is 5.91 Å². The Morgan fingerprint density at radius 1 is 1.33 bits per heavy atom. The number of hydrogen-bond acceptors (Lipinski definition) is 3. The molecule has 4 nitrogen and oxygen atoms in total. The second kappa shape index (κ2) is 5.46. The maximum Gasteiger partial charge on any atom is 0.236 e. The first-order chi connectivity index (χ1) is 7.09. The van der Waals surface area contributed by atoms with Gasteiger partial charge in [0.25, 0.3) is 0 Å². The SMILES string of the molecule is CN(C)CC(=O)N(C)Cc1ccccn1. The van der Waals surface area contributed by atoms with E-state index in [-0.39, 0.29) is 5.91 Å². The summed E-state index contributed by atoms with van der Waals surface area (Å²) in [6, 6.07) is 5.71. The van der Waals surface area contributed by atoms with E-state index in [1.54, 1.807) is 18.1 Å². The van der Waals surface area contributed by atoms with Gasteiger partial charge in [0.15, 0.2) is 0 Å². The van der Waals surface area contributed by atoms with Gasteiger partial charge in [-0.3, -0.25) is 9.78 Å². The predicted octanol–water partition coefficient (Wildman–Crippen LogP) is 0.602. The Balaban J connectivity index is 2.49. The summed E-state index contributed by atoms with van der Waals surface area (Å²) in [5.74, 6) is 0.102. The van der Waals surface area contributed by atoms with Crippen molar-refractivity contribution in [3.05, 3.63) is 30.1 Å². The number of likely N-dealkylation sites (N-methyl/N-ethyl adjacent to an activating group) is 2. The first-order valence-electron chi connectivity index (χ1n) is 4.88. The second-order valence-electron chi connectivity index (χ2n) is 3.81. The monoisotopic (exact) mass is 207 g/mol. The molecule has 0 spiro atoms. The van der Waals surface area contributed by atoms with Gasteiger partial charge in [-0.15, -0.1) is 0 Å². The number of carbonyl (C=O) groups is 1. The molecule has 0 saturated carbocycles. The van der Waals surface area contributed by atoms with Crippen molar-refractivity contribution in [1.29, 1.82) is 0 Å². The molecule has 1 aromatic heterocycles. The molecule has 0 aliphatic carbocycles. The zero-order valence-corrected chi connectivity index (χ0v) is 9.47. The van der Waals surface area contributed by atoms with E-state index in [4.69, 9.17) is 0 Å². The molecule has 0 unspecified atom stereocenters. The van der Waals surface area contributed by atoms with Gasteiger partial charge in [-0.1, -0.05) is 6.07 Å². The highest BCUT2D eigenvalue weighted by Gasteiger charge is 2.09. The average Bonchev–Trinajstić information content (AvgIpc) is 2.18. The highest BCUT2D eigenvalue weighted by Crippen LogP contribution is 1.99. The van der Waals surface area contributed by atoms with Crippen LogP contribution in [0.4, 0.5) is 0 Å². The van der Waals surface area contributed by atoms with E-state index in [9.17, 15) is 4.79 Å². The minimum absolute atomic E-state index is 0.102. The third kappa shape index (κ3) is 4.08. The molecule has 0 N–H and O–H groups in total. The van der Waals surface area contributed by atoms with Crippen LogP contribution < -0.4 is 0 Å². The van der Waals surface area contributed by atoms with Crippen LogP contribution in [0.15, 0.2) is 24.4 Å². The van der Waals surface area contributed by atoms with E-state index >= 15 is 0 Å². The summed E-state index contributed by atoms with van der Waals surface area (Å²) in [5, 5.41) is 0. The maximum absolute atomic E-state index is 11.6. The Kier molecular flexibility index (Phi) is 4.24. The predicted molar refractivity (Wildman–Crippen MR) is 59.3 cm³/mol. The minimum atomic E-state index is 0.102. The number of rotatable bonds is 4. The van der Waals surface area contributed by atoms with E-state index in [2.05, 4.69) is 4.98 Å². The molecule has 1 aromatic rings. The van der Waals surface area contributed by atoms with Gasteiger partial charge >= 0.3 is 0 Å². The fourth-order valence-corrected chi connectivity index (χ4v) is 1.21. The fraction of sp³-hybridized carbons (Fsp3) is 0.455. The Bertz CT molecular complexity index is 311. The topological polar surface area (TPSA) is 36.4 Å². The van der Waals surface area contributed by atoms with Crippen molar-refractivity contribution < 1.29 is 4.79 Å². The molecule has 1 rings (SSSR count). The number of aromatic nitrogens is 1. The van der Waals surface area contributed by atoms with Crippen molar-refractivity contribution in [2.24, 2.45) is 0 Å². The number of hydrogen-bond donors (Lipinski definition) is 0. The zero-order valence-electron chi connectivity index (χ0n) is 9.47. The Hall–Kier alpha value is -1.42. The molecule has 82 valence electrons. The van der Waals surface area contributed by atoms with Crippen molar-refractivity contribution in [3.63, 3.8) is 0 Å². The van der Waals surface area contributed by atoms with Crippen molar-refractivity contribution in [2.75, 3.05) is 27.7 Å². The summed E-state index contributed by atoms with van der Waals surface area (Å²) in [6.45, 7) is 0.997. The van der Waals surface area contributed by atoms with Crippen LogP contribution in [0.5, 0.6) is 0 Å². The third-order valence-corrected chi connectivity index (χ3v) is 2.00. The number of nitrogens with zero attached hydrogens (tertiary/aromatic N) is 3. The summed E-state index contributed by atoms with van der Waals surface area (Å²) < 4.78 is 0. The first-order valence-corrected chi connectivity index (χ1v) is 4.88. The van der Waals surface area contributed by atoms with Crippen LogP contribution in [0.2, 0.25) is 0 Å². The van der Waals surface area contributed by atoms with Crippen LogP contribution in [0.3, 0.4) is 0 Å². The van der Waals surface area contributed by atoms with Gasteiger partial charge < -0.3 is 9.80 Å². The lowest BCUT2D eigenvalue weighted by Crippen LogP contribution is -2.34. The molecule has 0 radical (unpaired) electrons. The lowest BCUT2D eigenvalue weighted by atomic mass is 10.3. The van der Waals surface area contributed by atoms with Gasteiger partial charge in [-0.25, -0.2) is 0 Å². The normalized spacial score (nSPS) is 10.4. The first kappa shape index (κ1) is 11.7. The number of pyridine rings is 1. The van der Waals surface area contributed by atoms with E-state index < -0.39 is 0 Å². The molecule has 1 amide bonds. The van der Waals surface area contributed by atoms with Gasteiger partial charge in [-0.2, -0.15) is 0 Å². The Morgan fingerprint density at radius 3 is 2.60 bits per heavy atom. The zero-order chi connectivity index (χ0) is 11.3. The summed E-state index contributed by atoms with van der Waals surface area (Å²) >= 11 is 0. The van der Waals surface area contributed by atoms with Gasteiger partial charge in [-0.05, 0) is 26.2 Å². The summed E-state index contributed by atoms with van der Waals surface area (Å²) in [6.07, 6.45) is 1.74. The molecular weight excluding hydrogens is 190 g/mol. The van der Waals surface area contributed by atoms with Crippen molar-refractivity contribution in [1.82, 2.24) is 14.8 Å². The van der Waals surface area contributed by atoms with Crippen LogP contribution in [-0.2, 0) is 11.3 Å². The third-order valence-electron chi connectivity index (χ3n) is 2.00. The lowest BCUT2D eigenvalue weighted by molar-refractivity contribution is -0.131. The summed E-state index contributed by atoms with van der Waals surface area (Å²) in [5.41, 5.74) is 0.909. The number of amides is 1. The molecule has 0 aliphatic rings. The second-order valence-corrected chi connectivity index (χ2v) is 3.81. The molecular formula is C11H17N3O. The van der Waals surface area contributed by atoms with Crippen LogP contribution in [0, 0.1) is 0 Å². The van der Waals surface area contributed by atoms with Crippen LogP contribution >= 0.6 is 0 Å². The minimum Gasteiger partial charge on any atom is -0.339 e. The van der Waals surface area contributed by atoms with E-state index in [1.165, 1.54) is 0 Å². The molecule has 0 fully saturated rings. The maximum atomic E-state index is 11.6. The van der Waals surface area contributed by atoms with Crippen molar-refractivity contribution in [3.8, 4) is 0 Å². The molecule has 0 bridgehead atoms. The van der Waals surface area contributed by atoms with E-state index in [0.29, 0.717) is 13.1 Å². The van der Waals surface area contributed by atoms with Gasteiger partial charge in [0.2, 0.25) is 5.91 Å². The van der Waals surface area contributed by atoms with Crippen LogP contribution in [-0.4, -0.2) is 48.4 Å². The molecule has 0 aromatic carbocycles. The molecule has 4 heteroatoms. The highest BCUT2D eigenvalue weighted by molar-refractivity contribution is 5.77. The lowest BCUT2D eigenvalue weighted by Gasteiger charge is -2.18. The van der Waals surface area contributed by atoms with Crippen LogP contribution in [0.25, 0.3) is 0 Å². The Labute approximate surface area is 90.5 Å². The number of carbonyl (C=O) groups excluding carboxylic acids is 1. The molecule has 1 heterocycles. The molecule has 0 aliphatic heterocycles. The molecule has 0 atom stereocenters. The van der Waals surface area contributed by atoms with E-state index in [1.807, 2.05) is 37.2 Å². The van der Waals surface area contributed by atoms with Crippen LogP contribution in [0.1, 0.15) is 5.69 Å². The Morgan fingerprint density at radius 2 is 2.07 bits per heavy atom. The van der Waals surface area contributed by atoms with Gasteiger partial charge in [0.05, 0.1) is 18.8 Å². The highest BCUT2D eigenvalue weighted by atomic mass is 16.2. The average molecular weight is 207 g/mol. The summed E-state index contributed by atoms with van der Waals surface area (Å²) in [4.78, 5) is 19.3. The molecule has 15 heavy (non-hydrogen) atoms.